The molecular weight excluding hydrogens is 228 g/mol. The minimum absolute atomic E-state index is 0.334. The topological polar surface area (TPSA) is 63.7 Å². The van der Waals surface area contributed by atoms with Crippen LogP contribution in [0.5, 0.6) is 5.75 Å². The van der Waals surface area contributed by atoms with Gasteiger partial charge in [-0.25, -0.2) is 4.68 Å². The first kappa shape index (κ1) is 12.1. The van der Waals surface area contributed by atoms with Crippen LogP contribution in [0.3, 0.4) is 0 Å². The van der Waals surface area contributed by atoms with Crippen molar-refractivity contribution in [3.63, 3.8) is 0 Å². The van der Waals surface area contributed by atoms with Gasteiger partial charge in [-0.1, -0.05) is 24.3 Å². The molecule has 5 nitrogen and oxygen atoms in total. The summed E-state index contributed by atoms with van der Waals surface area (Å²) in [7, 11) is 0. The molecule has 18 heavy (non-hydrogen) atoms. The number of rotatable bonds is 4. The van der Waals surface area contributed by atoms with E-state index >= 15 is 0 Å². The maximum absolute atomic E-state index is 8.89. The van der Waals surface area contributed by atoms with Gasteiger partial charge in [0, 0.05) is 0 Å². The average molecular weight is 242 g/mol. The van der Waals surface area contributed by atoms with Crippen LogP contribution in [0.4, 0.5) is 0 Å². The number of benzene rings is 1. The lowest BCUT2D eigenvalue weighted by molar-refractivity contribution is 0.315. The molecule has 5 heteroatoms. The zero-order chi connectivity index (χ0) is 13.0. The maximum atomic E-state index is 8.89. The van der Waals surface area contributed by atoms with Crippen molar-refractivity contribution >= 4 is 0 Å². The molecule has 0 spiro atoms. The Morgan fingerprint density at radius 1 is 1.39 bits per heavy atom. The van der Waals surface area contributed by atoms with Crippen molar-refractivity contribution in [3.8, 4) is 17.5 Å². The van der Waals surface area contributed by atoms with E-state index in [2.05, 4.69) is 17.2 Å². The van der Waals surface area contributed by atoms with E-state index < -0.39 is 0 Å². The standard InChI is InChI=1S/C13H14N4O/c1-3-8-18-13-7-5-4-6-12(13)17-10(2)11(9-14)15-16-17/h4-7H,3,8H2,1-2H3. The van der Waals surface area contributed by atoms with Crippen molar-refractivity contribution in [2.24, 2.45) is 0 Å². The Labute approximate surface area is 106 Å². The van der Waals surface area contributed by atoms with Gasteiger partial charge in [0.05, 0.1) is 12.3 Å². The van der Waals surface area contributed by atoms with Crippen LogP contribution in [-0.2, 0) is 0 Å². The molecule has 1 heterocycles. The molecule has 0 aliphatic carbocycles. The predicted molar refractivity (Wildman–Crippen MR) is 66.6 cm³/mol. The van der Waals surface area contributed by atoms with Gasteiger partial charge >= 0.3 is 0 Å². The molecule has 0 amide bonds. The zero-order valence-electron chi connectivity index (χ0n) is 10.4. The number of nitriles is 1. The van der Waals surface area contributed by atoms with Crippen molar-refractivity contribution in [2.45, 2.75) is 20.3 Å². The first-order chi connectivity index (χ1) is 8.77. The lowest BCUT2D eigenvalue weighted by Gasteiger charge is -2.11. The van der Waals surface area contributed by atoms with Crippen LogP contribution in [0.15, 0.2) is 24.3 Å². The van der Waals surface area contributed by atoms with E-state index in [0.29, 0.717) is 18.0 Å². The van der Waals surface area contributed by atoms with Crippen LogP contribution in [-0.4, -0.2) is 21.6 Å². The third kappa shape index (κ3) is 2.18. The summed E-state index contributed by atoms with van der Waals surface area (Å²) < 4.78 is 7.30. The van der Waals surface area contributed by atoms with Crippen LogP contribution in [0.25, 0.3) is 5.69 Å². The fourth-order valence-corrected chi connectivity index (χ4v) is 1.63. The first-order valence-corrected chi connectivity index (χ1v) is 5.82. The first-order valence-electron chi connectivity index (χ1n) is 5.82. The number of hydrogen-bond acceptors (Lipinski definition) is 4. The lowest BCUT2D eigenvalue weighted by atomic mass is 10.2. The van der Waals surface area contributed by atoms with Gasteiger partial charge in [-0.3, -0.25) is 0 Å². The Bertz CT molecular complexity index is 583. The minimum atomic E-state index is 0.334. The third-order valence-corrected chi connectivity index (χ3v) is 2.56. The fraction of sp³-hybridized carbons (Fsp3) is 0.308. The molecule has 1 aromatic carbocycles. The molecule has 0 radical (unpaired) electrons. The average Bonchev–Trinajstić information content (AvgIpc) is 2.77. The zero-order valence-corrected chi connectivity index (χ0v) is 10.4. The van der Waals surface area contributed by atoms with E-state index in [9.17, 15) is 0 Å². The summed E-state index contributed by atoms with van der Waals surface area (Å²) in [4.78, 5) is 0. The van der Waals surface area contributed by atoms with Gasteiger partial charge in [-0.15, -0.1) is 5.10 Å². The molecule has 0 unspecified atom stereocenters. The van der Waals surface area contributed by atoms with Gasteiger partial charge in [0.15, 0.2) is 5.69 Å². The quantitative estimate of drug-likeness (QED) is 0.824. The van der Waals surface area contributed by atoms with Gasteiger partial charge < -0.3 is 4.74 Å². The molecule has 2 aromatic rings. The predicted octanol–water partition coefficient (Wildman–Crippen LogP) is 2.24. The highest BCUT2D eigenvalue weighted by atomic mass is 16.5. The minimum Gasteiger partial charge on any atom is -0.491 e. The van der Waals surface area contributed by atoms with Crippen LogP contribution < -0.4 is 4.74 Å². The van der Waals surface area contributed by atoms with Gasteiger partial charge in [0.1, 0.15) is 17.5 Å². The van der Waals surface area contributed by atoms with Crippen LogP contribution in [0, 0.1) is 18.3 Å². The second-order valence-electron chi connectivity index (χ2n) is 3.86. The molecule has 2 rings (SSSR count). The lowest BCUT2D eigenvalue weighted by Crippen LogP contribution is -2.04. The Hall–Kier alpha value is -2.35. The summed E-state index contributed by atoms with van der Waals surface area (Å²) in [6.07, 6.45) is 0.939. The monoisotopic (exact) mass is 242 g/mol. The van der Waals surface area contributed by atoms with E-state index in [4.69, 9.17) is 10.00 Å². The second-order valence-corrected chi connectivity index (χ2v) is 3.86. The molecule has 0 N–H and O–H groups in total. The summed E-state index contributed by atoms with van der Waals surface area (Å²) in [5.41, 5.74) is 1.85. The largest absolute Gasteiger partial charge is 0.491 e. The highest BCUT2D eigenvalue weighted by molar-refractivity contribution is 5.47. The second kappa shape index (κ2) is 5.32. The van der Waals surface area contributed by atoms with Crippen LogP contribution in [0.1, 0.15) is 24.7 Å². The SMILES string of the molecule is CCCOc1ccccc1-n1nnc(C#N)c1C. The summed E-state index contributed by atoms with van der Waals surface area (Å²) >= 11 is 0. The molecule has 0 bridgehead atoms. The van der Waals surface area contributed by atoms with Crippen molar-refractivity contribution in [1.29, 1.82) is 5.26 Å². The van der Waals surface area contributed by atoms with Crippen molar-refractivity contribution in [3.05, 3.63) is 35.7 Å². The molecular formula is C13H14N4O. The Balaban J connectivity index is 2.44. The Morgan fingerprint density at radius 3 is 2.83 bits per heavy atom. The molecule has 0 aliphatic rings. The van der Waals surface area contributed by atoms with E-state index in [1.54, 1.807) is 4.68 Å². The maximum Gasteiger partial charge on any atom is 0.186 e. The smallest absolute Gasteiger partial charge is 0.186 e. The van der Waals surface area contributed by atoms with Crippen molar-refractivity contribution < 1.29 is 4.74 Å². The molecule has 1 aromatic heterocycles. The van der Waals surface area contributed by atoms with E-state index in [-0.39, 0.29) is 0 Å². The van der Waals surface area contributed by atoms with Gasteiger partial charge in [-0.05, 0) is 25.5 Å². The molecule has 0 saturated carbocycles. The van der Waals surface area contributed by atoms with Gasteiger partial charge in [0.2, 0.25) is 0 Å². The Kier molecular flexibility index (Phi) is 3.58. The normalized spacial score (nSPS) is 10.1. The van der Waals surface area contributed by atoms with Crippen LogP contribution >= 0.6 is 0 Å². The summed E-state index contributed by atoms with van der Waals surface area (Å²) in [6.45, 7) is 4.52. The Morgan fingerprint density at radius 2 is 2.17 bits per heavy atom. The molecule has 92 valence electrons. The summed E-state index contributed by atoms with van der Waals surface area (Å²) in [5.74, 6) is 0.747. The highest BCUT2D eigenvalue weighted by Gasteiger charge is 2.12. The molecule has 0 atom stereocenters. The van der Waals surface area contributed by atoms with Gasteiger partial charge in [0.25, 0.3) is 0 Å². The van der Waals surface area contributed by atoms with Gasteiger partial charge in [-0.2, -0.15) is 5.26 Å². The van der Waals surface area contributed by atoms with Crippen molar-refractivity contribution in [2.75, 3.05) is 6.61 Å². The summed E-state index contributed by atoms with van der Waals surface area (Å²) in [5, 5.41) is 16.7. The van der Waals surface area contributed by atoms with Crippen LogP contribution in [0.2, 0.25) is 0 Å². The molecule has 0 saturated heterocycles. The molecule has 0 fully saturated rings. The fourth-order valence-electron chi connectivity index (χ4n) is 1.63. The molecule has 0 aliphatic heterocycles. The van der Waals surface area contributed by atoms with E-state index in [0.717, 1.165) is 17.9 Å². The van der Waals surface area contributed by atoms with E-state index in [1.165, 1.54) is 0 Å². The third-order valence-electron chi connectivity index (χ3n) is 2.56. The highest BCUT2D eigenvalue weighted by Crippen LogP contribution is 2.23. The number of hydrogen-bond donors (Lipinski definition) is 0. The number of para-hydroxylation sites is 2. The summed E-state index contributed by atoms with van der Waals surface area (Å²) in [6, 6.07) is 9.61. The van der Waals surface area contributed by atoms with Crippen molar-refractivity contribution in [1.82, 2.24) is 15.0 Å². The number of nitrogens with zero attached hydrogens (tertiary/aromatic N) is 4. The number of aromatic nitrogens is 3. The van der Waals surface area contributed by atoms with E-state index in [1.807, 2.05) is 37.3 Å². The number of ether oxygens (including phenoxy) is 1.